The predicted molar refractivity (Wildman–Crippen MR) is 122 cm³/mol. The number of nitrogens with one attached hydrogen (secondary N) is 1. The Morgan fingerprint density at radius 3 is 2.56 bits per heavy atom. The molecule has 1 fully saturated rings. The Morgan fingerprint density at radius 2 is 1.81 bits per heavy atom. The zero-order valence-electron chi connectivity index (χ0n) is 17.6. The minimum Gasteiger partial charge on any atom is -0.363 e. The van der Waals surface area contributed by atoms with E-state index in [1.165, 1.54) is 11.6 Å². The summed E-state index contributed by atoms with van der Waals surface area (Å²) in [6.07, 6.45) is 2.20. The van der Waals surface area contributed by atoms with Crippen LogP contribution in [0.4, 0.5) is 11.4 Å². The van der Waals surface area contributed by atoms with Crippen molar-refractivity contribution in [1.82, 2.24) is 5.32 Å². The van der Waals surface area contributed by atoms with E-state index in [1.807, 2.05) is 23.1 Å². The molecule has 162 valence electrons. The number of rotatable bonds is 5. The van der Waals surface area contributed by atoms with Gasteiger partial charge in [0.2, 0.25) is 16.8 Å². The van der Waals surface area contributed by atoms with Gasteiger partial charge in [-0.3, -0.25) is 19.2 Å². The average Bonchev–Trinajstić information content (AvgIpc) is 3.26. The molecular formula is C25H23N3O4. The van der Waals surface area contributed by atoms with Crippen molar-refractivity contribution >= 4 is 23.2 Å². The first kappa shape index (κ1) is 20.2. The third-order valence-electron chi connectivity index (χ3n) is 6.29. The SMILES string of the molecule is O=C(NCc1ccc2c(c1)CN(c1cc(=O)c1=O)CC2)c1cccc(N2CCCC2=O)c1. The van der Waals surface area contributed by atoms with Gasteiger partial charge in [0.1, 0.15) is 0 Å². The van der Waals surface area contributed by atoms with Gasteiger partial charge in [-0.15, -0.1) is 0 Å². The number of benzene rings is 2. The number of hydrogen-bond donors (Lipinski definition) is 1. The summed E-state index contributed by atoms with van der Waals surface area (Å²) in [7, 11) is 0. The van der Waals surface area contributed by atoms with Crippen molar-refractivity contribution < 1.29 is 9.59 Å². The van der Waals surface area contributed by atoms with Gasteiger partial charge < -0.3 is 15.1 Å². The smallest absolute Gasteiger partial charge is 0.251 e. The normalized spacial score (nSPS) is 15.8. The van der Waals surface area contributed by atoms with Crippen LogP contribution in [0.25, 0.3) is 0 Å². The highest BCUT2D eigenvalue weighted by Gasteiger charge is 2.23. The van der Waals surface area contributed by atoms with Gasteiger partial charge in [0.15, 0.2) is 0 Å². The van der Waals surface area contributed by atoms with Crippen LogP contribution in [-0.4, -0.2) is 24.9 Å². The third-order valence-corrected chi connectivity index (χ3v) is 6.29. The van der Waals surface area contributed by atoms with Crippen molar-refractivity contribution in [2.75, 3.05) is 22.9 Å². The molecule has 0 spiro atoms. The van der Waals surface area contributed by atoms with Gasteiger partial charge in [-0.05, 0) is 47.7 Å². The Morgan fingerprint density at radius 1 is 0.938 bits per heavy atom. The molecule has 0 bridgehead atoms. The summed E-state index contributed by atoms with van der Waals surface area (Å²) in [4.78, 5) is 51.4. The van der Waals surface area contributed by atoms with Crippen molar-refractivity contribution in [1.29, 1.82) is 0 Å². The highest BCUT2D eigenvalue weighted by Crippen LogP contribution is 2.24. The lowest BCUT2D eigenvalue weighted by molar-refractivity contribution is -0.117. The third kappa shape index (κ3) is 3.70. The topological polar surface area (TPSA) is 86.8 Å². The molecule has 2 aliphatic rings. The Bertz CT molecular complexity index is 1290. The summed E-state index contributed by atoms with van der Waals surface area (Å²) in [5.74, 6) is -0.101. The van der Waals surface area contributed by atoms with Crippen molar-refractivity contribution in [3.63, 3.8) is 0 Å². The Kier molecular flexibility index (Phi) is 5.09. The number of nitrogens with zero attached hydrogens (tertiary/aromatic N) is 2. The molecule has 5 rings (SSSR count). The molecule has 3 aromatic carbocycles. The van der Waals surface area contributed by atoms with E-state index in [2.05, 4.69) is 11.4 Å². The summed E-state index contributed by atoms with van der Waals surface area (Å²) < 4.78 is 0. The molecule has 3 aromatic rings. The largest absolute Gasteiger partial charge is 0.363 e. The van der Waals surface area contributed by atoms with E-state index in [-0.39, 0.29) is 11.8 Å². The average molecular weight is 429 g/mol. The molecule has 2 aliphatic heterocycles. The first-order valence-electron chi connectivity index (χ1n) is 10.8. The van der Waals surface area contributed by atoms with Crippen molar-refractivity contribution in [2.45, 2.75) is 32.4 Å². The number of anilines is 2. The second kappa shape index (κ2) is 8.07. The number of carbonyl (C=O) groups is 2. The summed E-state index contributed by atoms with van der Waals surface area (Å²) in [5.41, 5.74) is 4.23. The lowest BCUT2D eigenvalue weighted by Crippen LogP contribution is -2.41. The maximum atomic E-state index is 12.7. The minimum atomic E-state index is -0.430. The lowest BCUT2D eigenvalue weighted by atomic mass is 9.96. The van der Waals surface area contributed by atoms with Crippen molar-refractivity contribution in [3.05, 3.63) is 91.2 Å². The van der Waals surface area contributed by atoms with E-state index in [4.69, 9.17) is 0 Å². The zero-order valence-corrected chi connectivity index (χ0v) is 17.6. The molecule has 0 unspecified atom stereocenters. The second-order valence-corrected chi connectivity index (χ2v) is 8.38. The molecule has 1 N–H and O–H groups in total. The van der Waals surface area contributed by atoms with Crippen molar-refractivity contribution in [3.8, 4) is 0 Å². The van der Waals surface area contributed by atoms with Gasteiger partial charge in [-0.2, -0.15) is 0 Å². The number of carbonyl (C=O) groups excluding carboxylic acids is 2. The van der Waals surface area contributed by atoms with E-state index < -0.39 is 10.9 Å². The molecule has 7 nitrogen and oxygen atoms in total. The van der Waals surface area contributed by atoms with Crippen LogP contribution in [0.2, 0.25) is 0 Å². The van der Waals surface area contributed by atoms with E-state index in [9.17, 15) is 19.2 Å². The molecule has 0 radical (unpaired) electrons. The molecular weight excluding hydrogens is 406 g/mol. The lowest BCUT2D eigenvalue weighted by Gasteiger charge is -2.31. The van der Waals surface area contributed by atoms with E-state index in [0.29, 0.717) is 43.9 Å². The van der Waals surface area contributed by atoms with Crippen LogP contribution < -0.4 is 26.0 Å². The van der Waals surface area contributed by atoms with E-state index in [1.54, 1.807) is 23.1 Å². The Labute approximate surface area is 185 Å². The number of amides is 2. The minimum absolute atomic E-state index is 0.0920. The number of fused-ring (bicyclic) bond motifs is 1. The van der Waals surface area contributed by atoms with Gasteiger partial charge in [-0.25, -0.2) is 0 Å². The Balaban J connectivity index is 1.25. The second-order valence-electron chi connectivity index (χ2n) is 8.38. The first-order chi connectivity index (χ1) is 15.5. The summed E-state index contributed by atoms with van der Waals surface area (Å²) in [6, 6.07) is 14.7. The molecule has 0 saturated carbocycles. The fraction of sp³-hybridized carbons (Fsp3) is 0.280. The maximum Gasteiger partial charge on any atom is 0.251 e. The van der Waals surface area contributed by atoms with Crippen molar-refractivity contribution in [2.24, 2.45) is 0 Å². The van der Waals surface area contributed by atoms with Crippen LogP contribution in [0, 0.1) is 0 Å². The molecule has 0 aliphatic carbocycles. The molecule has 2 amide bonds. The first-order valence-corrected chi connectivity index (χ1v) is 10.8. The molecule has 2 heterocycles. The van der Waals surface area contributed by atoms with E-state index in [0.717, 1.165) is 29.7 Å². The molecule has 7 heteroatoms. The monoisotopic (exact) mass is 429 g/mol. The summed E-state index contributed by atoms with van der Waals surface area (Å²) in [5, 5.41) is 2.95. The molecule has 0 aromatic heterocycles. The number of hydrogen-bond acceptors (Lipinski definition) is 5. The summed E-state index contributed by atoms with van der Waals surface area (Å²) in [6.45, 7) is 2.35. The highest BCUT2D eigenvalue weighted by molar-refractivity contribution is 5.99. The van der Waals surface area contributed by atoms with Crippen LogP contribution in [-0.2, 0) is 24.3 Å². The van der Waals surface area contributed by atoms with Crippen LogP contribution in [0.1, 0.15) is 39.9 Å². The standard InChI is InChI=1S/C25H23N3O4/c29-22-13-21(24(22)31)27-10-8-17-7-6-16(11-19(17)15-27)14-26-25(32)18-3-1-4-20(12-18)28-9-2-5-23(28)30/h1,3-4,6-7,11-13H,2,5,8-10,14-15H2,(H,26,32). The van der Waals surface area contributed by atoms with Gasteiger partial charge >= 0.3 is 0 Å². The fourth-order valence-electron chi connectivity index (χ4n) is 4.49. The fourth-order valence-corrected chi connectivity index (χ4v) is 4.49. The van der Waals surface area contributed by atoms with Crippen LogP contribution in [0.15, 0.2) is 58.1 Å². The highest BCUT2D eigenvalue weighted by atomic mass is 16.2. The van der Waals surface area contributed by atoms with Crippen LogP contribution >= 0.6 is 0 Å². The molecule has 0 atom stereocenters. The maximum absolute atomic E-state index is 12.7. The van der Waals surface area contributed by atoms with Gasteiger partial charge in [0.05, 0.1) is 5.69 Å². The molecule has 1 saturated heterocycles. The van der Waals surface area contributed by atoms with Crippen LogP contribution in [0.3, 0.4) is 0 Å². The van der Waals surface area contributed by atoms with Gasteiger partial charge in [0.25, 0.3) is 5.91 Å². The van der Waals surface area contributed by atoms with Crippen LogP contribution in [0.5, 0.6) is 0 Å². The quantitative estimate of drug-likeness (QED) is 0.626. The molecule has 32 heavy (non-hydrogen) atoms. The Hall–Kier alpha value is -3.74. The van der Waals surface area contributed by atoms with Gasteiger partial charge in [-0.1, -0.05) is 24.3 Å². The van der Waals surface area contributed by atoms with Gasteiger partial charge in [0, 0.05) is 49.9 Å². The summed E-state index contributed by atoms with van der Waals surface area (Å²) >= 11 is 0. The zero-order chi connectivity index (χ0) is 22.2. The van der Waals surface area contributed by atoms with E-state index >= 15 is 0 Å². The predicted octanol–water partition coefficient (Wildman–Crippen LogP) is 1.90.